The maximum absolute atomic E-state index is 11.0. The molecule has 0 aromatic carbocycles. The molecule has 0 aromatic rings. The molecule has 0 aliphatic carbocycles. The molecule has 0 aromatic heterocycles. The van der Waals surface area contributed by atoms with Gasteiger partial charge >= 0.3 is 5.97 Å². The second kappa shape index (κ2) is 5.50. The van der Waals surface area contributed by atoms with Gasteiger partial charge in [-0.25, -0.2) is 0 Å². The third-order valence-electron chi connectivity index (χ3n) is 2.19. The van der Waals surface area contributed by atoms with Gasteiger partial charge in [-0.05, 0) is 30.8 Å². The summed E-state index contributed by atoms with van der Waals surface area (Å²) < 4.78 is 4.77. The van der Waals surface area contributed by atoms with Crippen molar-refractivity contribution in [1.82, 2.24) is 0 Å². The fraction of sp³-hybridized carbons (Fsp3) is 0.889. The quantitative estimate of drug-likeness (QED) is 0.695. The Morgan fingerprint density at radius 2 is 2.54 bits per heavy atom. The molecule has 2 unspecified atom stereocenters. The van der Waals surface area contributed by atoms with Gasteiger partial charge in [-0.15, -0.1) is 0 Å². The molecule has 1 saturated heterocycles. The van der Waals surface area contributed by atoms with E-state index in [-0.39, 0.29) is 18.3 Å². The summed E-state index contributed by atoms with van der Waals surface area (Å²) in [7, 11) is 0. The lowest BCUT2D eigenvalue weighted by molar-refractivity contribution is -0.145. The van der Waals surface area contributed by atoms with Crippen molar-refractivity contribution in [3.05, 3.63) is 0 Å². The van der Waals surface area contributed by atoms with Gasteiger partial charge in [0.25, 0.3) is 0 Å². The highest BCUT2D eigenvalue weighted by molar-refractivity contribution is 7.99. The van der Waals surface area contributed by atoms with Gasteiger partial charge in [0.1, 0.15) is 0 Å². The molecule has 0 spiro atoms. The van der Waals surface area contributed by atoms with Crippen molar-refractivity contribution in [1.29, 1.82) is 0 Å². The highest BCUT2D eigenvalue weighted by Crippen LogP contribution is 2.27. The van der Waals surface area contributed by atoms with E-state index in [2.05, 4.69) is 0 Å². The van der Waals surface area contributed by atoms with Gasteiger partial charge in [-0.2, -0.15) is 11.8 Å². The number of ether oxygens (including phenoxy) is 1. The van der Waals surface area contributed by atoms with Crippen LogP contribution in [0.25, 0.3) is 0 Å². The van der Waals surface area contributed by atoms with Crippen LogP contribution in [0.5, 0.6) is 0 Å². The average Bonchev–Trinajstić information content (AvgIpc) is 2.55. The predicted molar refractivity (Wildman–Crippen MR) is 52.7 cm³/mol. The first-order valence-electron chi connectivity index (χ1n) is 4.65. The number of rotatable bonds is 4. The van der Waals surface area contributed by atoms with Gasteiger partial charge in [0, 0.05) is 0 Å². The minimum atomic E-state index is -0.506. The lowest BCUT2D eigenvalue weighted by atomic mass is 9.99. The van der Waals surface area contributed by atoms with Gasteiger partial charge in [-0.3, -0.25) is 4.79 Å². The SMILES string of the molecule is CCOC(=O)CC(O)C1CCSC1. The smallest absolute Gasteiger partial charge is 0.308 e. The van der Waals surface area contributed by atoms with Crippen molar-refractivity contribution in [2.24, 2.45) is 5.92 Å². The largest absolute Gasteiger partial charge is 0.466 e. The molecule has 1 aliphatic heterocycles. The number of hydrogen-bond donors (Lipinski definition) is 1. The highest BCUT2D eigenvalue weighted by atomic mass is 32.2. The molecule has 4 heteroatoms. The summed E-state index contributed by atoms with van der Waals surface area (Å²) in [5.41, 5.74) is 0. The number of carbonyl (C=O) groups is 1. The molecule has 3 nitrogen and oxygen atoms in total. The van der Waals surface area contributed by atoms with Crippen LogP contribution >= 0.6 is 11.8 Å². The Kier molecular flexibility index (Phi) is 4.59. The Bertz CT molecular complexity index is 166. The van der Waals surface area contributed by atoms with Crippen molar-refractivity contribution < 1.29 is 14.6 Å². The molecule has 1 fully saturated rings. The summed E-state index contributed by atoms with van der Waals surface area (Å²) in [6.07, 6.45) is 0.665. The summed E-state index contributed by atoms with van der Waals surface area (Å²) in [5.74, 6) is 2.08. The Morgan fingerprint density at radius 1 is 1.77 bits per heavy atom. The van der Waals surface area contributed by atoms with E-state index in [0.717, 1.165) is 17.9 Å². The van der Waals surface area contributed by atoms with Gasteiger partial charge in [0.2, 0.25) is 0 Å². The predicted octanol–water partition coefficient (Wildman–Crippen LogP) is 1.05. The van der Waals surface area contributed by atoms with Crippen molar-refractivity contribution in [2.45, 2.75) is 25.9 Å². The Labute approximate surface area is 82.8 Å². The van der Waals surface area contributed by atoms with Crippen molar-refractivity contribution in [3.8, 4) is 0 Å². The van der Waals surface area contributed by atoms with Crippen LogP contribution in [0, 0.1) is 5.92 Å². The number of thioether (sulfide) groups is 1. The summed E-state index contributed by atoms with van der Waals surface area (Å²) in [6.45, 7) is 2.17. The molecule has 1 rings (SSSR count). The topological polar surface area (TPSA) is 46.5 Å². The minimum Gasteiger partial charge on any atom is -0.466 e. The zero-order valence-electron chi connectivity index (χ0n) is 7.86. The Morgan fingerprint density at radius 3 is 3.08 bits per heavy atom. The molecule has 1 aliphatic rings. The average molecular weight is 204 g/mol. The van der Waals surface area contributed by atoms with Crippen LogP contribution in [0.15, 0.2) is 0 Å². The van der Waals surface area contributed by atoms with Crippen molar-refractivity contribution >= 4 is 17.7 Å². The third kappa shape index (κ3) is 3.56. The summed E-state index contributed by atoms with van der Waals surface area (Å²) in [5, 5.41) is 9.63. The lowest BCUT2D eigenvalue weighted by Crippen LogP contribution is -2.24. The Balaban J connectivity index is 2.22. The molecular formula is C9H16O3S. The first-order chi connectivity index (χ1) is 6.24. The summed E-state index contributed by atoms with van der Waals surface area (Å²) in [6, 6.07) is 0. The van der Waals surface area contributed by atoms with Crippen LogP contribution in [-0.4, -0.2) is 35.3 Å². The first kappa shape index (κ1) is 10.9. The van der Waals surface area contributed by atoms with E-state index in [1.165, 1.54) is 0 Å². The van der Waals surface area contributed by atoms with E-state index in [1.807, 2.05) is 11.8 Å². The zero-order chi connectivity index (χ0) is 9.68. The van der Waals surface area contributed by atoms with E-state index in [0.29, 0.717) is 6.61 Å². The van der Waals surface area contributed by atoms with Gasteiger partial charge in [0.05, 0.1) is 19.1 Å². The van der Waals surface area contributed by atoms with Crippen LogP contribution < -0.4 is 0 Å². The third-order valence-corrected chi connectivity index (χ3v) is 3.38. The maximum atomic E-state index is 11.0. The van der Waals surface area contributed by atoms with Gasteiger partial charge in [-0.1, -0.05) is 0 Å². The molecule has 0 saturated carbocycles. The molecular weight excluding hydrogens is 188 g/mol. The van der Waals surface area contributed by atoms with Crippen LogP contribution in [0.1, 0.15) is 19.8 Å². The monoisotopic (exact) mass is 204 g/mol. The van der Waals surface area contributed by atoms with E-state index < -0.39 is 6.10 Å². The molecule has 13 heavy (non-hydrogen) atoms. The summed E-state index contributed by atoms with van der Waals surface area (Å²) >= 11 is 1.84. The molecule has 1 N–H and O–H groups in total. The van der Waals surface area contributed by atoms with Crippen LogP contribution in [0.3, 0.4) is 0 Å². The second-order valence-electron chi connectivity index (χ2n) is 3.20. The fourth-order valence-electron chi connectivity index (χ4n) is 1.41. The maximum Gasteiger partial charge on any atom is 0.308 e. The molecule has 1 heterocycles. The standard InChI is InChI=1S/C9H16O3S/c1-2-12-9(11)5-8(10)7-3-4-13-6-7/h7-8,10H,2-6H2,1H3. The minimum absolute atomic E-state index is 0.152. The summed E-state index contributed by atoms with van der Waals surface area (Å²) in [4.78, 5) is 11.0. The molecule has 2 atom stereocenters. The number of aliphatic hydroxyl groups is 1. The second-order valence-corrected chi connectivity index (χ2v) is 4.35. The number of carbonyl (C=O) groups excluding carboxylic acids is 1. The molecule has 0 amide bonds. The first-order valence-corrected chi connectivity index (χ1v) is 5.81. The van der Waals surface area contributed by atoms with Crippen molar-refractivity contribution in [3.63, 3.8) is 0 Å². The normalized spacial score (nSPS) is 24.3. The van der Waals surface area contributed by atoms with Gasteiger partial charge in [0.15, 0.2) is 0 Å². The van der Waals surface area contributed by atoms with E-state index in [1.54, 1.807) is 6.92 Å². The zero-order valence-corrected chi connectivity index (χ0v) is 8.68. The van der Waals surface area contributed by atoms with E-state index in [4.69, 9.17) is 4.74 Å². The lowest BCUT2D eigenvalue weighted by Gasteiger charge is -2.15. The fourth-order valence-corrected chi connectivity index (χ4v) is 2.74. The number of esters is 1. The molecule has 76 valence electrons. The van der Waals surface area contributed by atoms with Crippen LogP contribution in [0.4, 0.5) is 0 Å². The van der Waals surface area contributed by atoms with E-state index in [9.17, 15) is 9.90 Å². The molecule has 0 bridgehead atoms. The number of hydrogen-bond acceptors (Lipinski definition) is 4. The molecule has 0 radical (unpaired) electrons. The Hall–Kier alpha value is -0.220. The van der Waals surface area contributed by atoms with Crippen molar-refractivity contribution in [2.75, 3.05) is 18.1 Å². The highest BCUT2D eigenvalue weighted by Gasteiger charge is 2.25. The van der Waals surface area contributed by atoms with Crippen LogP contribution in [0.2, 0.25) is 0 Å². The van der Waals surface area contributed by atoms with Crippen LogP contribution in [-0.2, 0) is 9.53 Å². The van der Waals surface area contributed by atoms with Gasteiger partial charge < -0.3 is 9.84 Å². The number of aliphatic hydroxyl groups excluding tert-OH is 1. The van der Waals surface area contributed by atoms with E-state index >= 15 is 0 Å².